The molecule has 0 saturated heterocycles. The van der Waals surface area contributed by atoms with E-state index in [0.717, 1.165) is 41.1 Å². The highest BCUT2D eigenvalue weighted by molar-refractivity contribution is 6.13. The van der Waals surface area contributed by atoms with Crippen molar-refractivity contribution in [2.24, 2.45) is 0 Å². The van der Waals surface area contributed by atoms with Gasteiger partial charge in [-0.25, -0.2) is 4.79 Å². The SMILES string of the molecule is CCC=C(C)Nc1cccc(C[N+]2=C(c3cccc(CC)c3)C=CC2=O)c1. The number of nitrogens with one attached hydrogen (secondary N) is 1. The van der Waals surface area contributed by atoms with Crippen molar-refractivity contribution in [3.05, 3.63) is 89.1 Å². The third kappa shape index (κ3) is 4.62. The van der Waals surface area contributed by atoms with Crippen LogP contribution in [0.5, 0.6) is 0 Å². The third-order valence-electron chi connectivity index (χ3n) is 4.69. The van der Waals surface area contributed by atoms with Gasteiger partial charge in [0.05, 0.1) is 6.08 Å². The van der Waals surface area contributed by atoms with Crippen molar-refractivity contribution in [1.29, 1.82) is 0 Å². The summed E-state index contributed by atoms with van der Waals surface area (Å²) in [5.74, 6) is 0.0346. The minimum Gasteiger partial charge on any atom is -0.359 e. The van der Waals surface area contributed by atoms with E-state index in [0.29, 0.717) is 6.54 Å². The number of nitrogens with zero attached hydrogens (tertiary/aromatic N) is 1. The van der Waals surface area contributed by atoms with E-state index < -0.39 is 0 Å². The van der Waals surface area contributed by atoms with Crippen molar-refractivity contribution in [1.82, 2.24) is 0 Å². The van der Waals surface area contributed by atoms with Gasteiger partial charge in [-0.2, -0.15) is 4.58 Å². The van der Waals surface area contributed by atoms with Gasteiger partial charge in [-0.05, 0) is 49.6 Å². The number of carbonyl (C=O) groups excluding carboxylic acids is 1. The molecule has 1 aliphatic rings. The fraction of sp³-hybridized carbons (Fsp3) is 0.250. The quantitative estimate of drug-likeness (QED) is 0.700. The molecule has 0 spiro atoms. The maximum absolute atomic E-state index is 12.5. The molecule has 0 aromatic heterocycles. The minimum atomic E-state index is 0.0346. The zero-order valence-electron chi connectivity index (χ0n) is 16.3. The van der Waals surface area contributed by atoms with Gasteiger partial charge in [0.15, 0.2) is 6.54 Å². The van der Waals surface area contributed by atoms with Crippen LogP contribution in [0.4, 0.5) is 5.69 Å². The Morgan fingerprint density at radius 1 is 1.04 bits per heavy atom. The van der Waals surface area contributed by atoms with Crippen LogP contribution in [-0.4, -0.2) is 16.2 Å². The van der Waals surface area contributed by atoms with Gasteiger partial charge in [-0.3, -0.25) is 0 Å². The van der Waals surface area contributed by atoms with Gasteiger partial charge in [0, 0.05) is 28.6 Å². The van der Waals surface area contributed by atoms with Crippen molar-refractivity contribution in [3.8, 4) is 0 Å². The van der Waals surface area contributed by atoms with Crippen LogP contribution < -0.4 is 5.32 Å². The molecule has 0 aliphatic carbocycles. The molecule has 0 atom stereocenters. The van der Waals surface area contributed by atoms with Gasteiger partial charge in [0.25, 0.3) is 0 Å². The maximum atomic E-state index is 12.5. The first-order chi connectivity index (χ1) is 13.1. The summed E-state index contributed by atoms with van der Waals surface area (Å²) >= 11 is 0. The van der Waals surface area contributed by atoms with Crippen LogP contribution in [0.15, 0.2) is 72.5 Å². The average Bonchev–Trinajstić information content (AvgIpc) is 3.03. The second-order valence-electron chi connectivity index (χ2n) is 6.82. The molecule has 2 aromatic carbocycles. The normalized spacial score (nSPS) is 14.2. The molecule has 2 aromatic rings. The zero-order valence-corrected chi connectivity index (χ0v) is 16.3. The Labute approximate surface area is 161 Å². The van der Waals surface area contributed by atoms with Crippen LogP contribution >= 0.6 is 0 Å². The Kier molecular flexibility index (Phi) is 6.02. The second-order valence-corrected chi connectivity index (χ2v) is 6.82. The van der Waals surface area contributed by atoms with Gasteiger partial charge in [0.2, 0.25) is 5.71 Å². The highest BCUT2D eigenvalue weighted by Crippen LogP contribution is 2.17. The van der Waals surface area contributed by atoms with Gasteiger partial charge in [-0.15, -0.1) is 0 Å². The van der Waals surface area contributed by atoms with Crippen molar-refractivity contribution >= 4 is 17.3 Å². The number of benzene rings is 2. The molecule has 1 amide bonds. The highest BCUT2D eigenvalue weighted by atomic mass is 16.2. The van der Waals surface area contributed by atoms with E-state index >= 15 is 0 Å². The molecule has 3 rings (SSSR count). The molecule has 1 heterocycles. The van der Waals surface area contributed by atoms with E-state index in [1.54, 1.807) is 6.08 Å². The molecule has 0 saturated carbocycles. The number of aryl methyl sites for hydroxylation is 1. The number of amides is 1. The monoisotopic (exact) mass is 359 g/mol. The average molecular weight is 359 g/mol. The third-order valence-corrected chi connectivity index (χ3v) is 4.69. The minimum absolute atomic E-state index is 0.0346. The lowest BCUT2D eigenvalue weighted by molar-refractivity contribution is -0.456. The number of anilines is 1. The van der Waals surface area contributed by atoms with Crippen molar-refractivity contribution in [3.63, 3.8) is 0 Å². The molecular weight excluding hydrogens is 332 g/mol. The topological polar surface area (TPSA) is 32.1 Å². The fourth-order valence-corrected chi connectivity index (χ4v) is 3.33. The predicted octanol–water partition coefficient (Wildman–Crippen LogP) is 5.07. The van der Waals surface area contributed by atoms with Crippen LogP contribution in [-0.2, 0) is 17.8 Å². The van der Waals surface area contributed by atoms with E-state index in [2.05, 4.69) is 74.6 Å². The van der Waals surface area contributed by atoms with Crippen LogP contribution in [0.3, 0.4) is 0 Å². The van der Waals surface area contributed by atoms with E-state index in [9.17, 15) is 4.79 Å². The first-order valence-corrected chi connectivity index (χ1v) is 9.59. The fourth-order valence-electron chi connectivity index (χ4n) is 3.33. The summed E-state index contributed by atoms with van der Waals surface area (Å²) in [6.45, 7) is 6.89. The molecule has 27 heavy (non-hydrogen) atoms. The second kappa shape index (κ2) is 8.63. The summed E-state index contributed by atoms with van der Waals surface area (Å²) in [7, 11) is 0. The summed E-state index contributed by atoms with van der Waals surface area (Å²) in [6.07, 6.45) is 7.73. The Morgan fingerprint density at radius 3 is 2.59 bits per heavy atom. The molecule has 0 fully saturated rings. The van der Waals surface area contributed by atoms with Crippen molar-refractivity contribution in [2.45, 2.75) is 40.2 Å². The van der Waals surface area contributed by atoms with Crippen molar-refractivity contribution in [2.75, 3.05) is 5.32 Å². The summed E-state index contributed by atoms with van der Waals surface area (Å²) in [5, 5.41) is 3.41. The zero-order chi connectivity index (χ0) is 19.2. The summed E-state index contributed by atoms with van der Waals surface area (Å²) in [6, 6.07) is 16.7. The van der Waals surface area contributed by atoms with Crippen molar-refractivity contribution < 1.29 is 9.37 Å². The number of hydrogen-bond donors (Lipinski definition) is 1. The lowest BCUT2D eigenvalue weighted by Crippen LogP contribution is -2.21. The molecule has 1 N–H and O–H groups in total. The summed E-state index contributed by atoms with van der Waals surface area (Å²) in [5.41, 5.74) is 6.62. The van der Waals surface area contributed by atoms with Crippen LogP contribution in [0, 0.1) is 0 Å². The number of hydrogen-bond acceptors (Lipinski definition) is 2. The smallest absolute Gasteiger partial charge is 0.359 e. The van der Waals surface area contributed by atoms with Crippen LogP contribution in [0.1, 0.15) is 43.9 Å². The number of allylic oxidation sites excluding steroid dienone is 3. The predicted molar refractivity (Wildman–Crippen MR) is 112 cm³/mol. The summed E-state index contributed by atoms with van der Waals surface area (Å²) < 4.78 is 1.85. The van der Waals surface area contributed by atoms with E-state index in [1.165, 1.54) is 5.56 Å². The van der Waals surface area contributed by atoms with Gasteiger partial charge in [0.1, 0.15) is 0 Å². The molecule has 3 nitrogen and oxygen atoms in total. The first kappa shape index (κ1) is 18.8. The van der Waals surface area contributed by atoms with Gasteiger partial charge < -0.3 is 5.32 Å². The van der Waals surface area contributed by atoms with Crippen LogP contribution in [0.2, 0.25) is 0 Å². The lowest BCUT2D eigenvalue weighted by Gasteiger charge is -2.08. The Hall–Kier alpha value is -2.94. The number of rotatable bonds is 7. The Morgan fingerprint density at radius 2 is 1.81 bits per heavy atom. The van der Waals surface area contributed by atoms with E-state index in [4.69, 9.17) is 0 Å². The molecule has 3 heteroatoms. The first-order valence-electron chi connectivity index (χ1n) is 9.59. The van der Waals surface area contributed by atoms with Gasteiger partial charge >= 0.3 is 5.91 Å². The summed E-state index contributed by atoms with van der Waals surface area (Å²) in [4.78, 5) is 12.5. The highest BCUT2D eigenvalue weighted by Gasteiger charge is 2.27. The molecule has 0 unspecified atom stereocenters. The number of carbonyl (C=O) groups is 1. The molecule has 0 bridgehead atoms. The Balaban J connectivity index is 1.88. The van der Waals surface area contributed by atoms with Crippen LogP contribution in [0.25, 0.3) is 0 Å². The van der Waals surface area contributed by atoms with E-state index in [1.807, 2.05) is 16.7 Å². The largest absolute Gasteiger partial charge is 0.413 e. The molecular formula is C24H27N2O+. The molecule has 138 valence electrons. The lowest BCUT2D eigenvalue weighted by atomic mass is 10.0. The molecule has 1 aliphatic heterocycles. The standard InChI is InChI=1S/C24H27N2O/c1-4-8-18(3)25-22-12-7-10-20(16-22)17-26-23(13-14-24(26)27)21-11-6-9-19(5-2)15-21/h6-16,25H,4-5,17H2,1-3H3/q+1. The van der Waals surface area contributed by atoms with Gasteiger partial charge in [-0.1, -0.05) is 44.2 Å². The van der Waals surface area contributed by atoms with E-state index in [-0.39, 0.29) is 5.91 Å². The molecule has 0 radical (unpaired) electrons. The Bertz CT molecular complexity index is 935. The maximum Gasteiger partial charge on any atom is 0.413 e.